The molecule has 35 heavy (non-hydrogen) atoms. The molecular formula is C27H34BrClN2O3Si. The largest absolute Gasteiger partial charge is 0.385 e. The monoisotopic (exact) mass is 576 g/mol. The second-order valence-electron chi connectivity index (χ2n) is 10.4. The normalized spacial score (nSPS) is 24.1. The number of amides is 2. The molecule has 0 aliphatic carbocycles. The number of piperidine rings is 1. The SMILES string of the molecule is C=C(C)C1NC(=O)CC(c2cccc(Cl)c2)C12C(=O)Nc1cc(Br)ccc12.COC(C)[Si](C)(C)C. The molecule has 0 saturated carbocycles. The number of halogens is 2. The second-order valence-corrected chi connectivity index (χ2v) is 17.3. The first kappa shape index (κ1) is 27.7. The predicted molar refractivity (Wildman–Crippen MR) is 150 cm³/mol. The number of benzene rings is 2. The van der Waals surface area contributed by atoms with Crippen LogP contribution in [0.3, 0.4) is 0 Å². The Labute approximate surface area is 222 Å². The van der Waals surface area contributed by atoms with E-state index >= 15 is 0 Å². The molecule has 2 N–H and O–H groups in total. The molecule has 2 aromatic rings. The number of fused-ring (bicyclic) bond motifs is 2. The van der Waals surface area contributed by atoms with Gasteiger partial charge in [-0.25, -0.2) is 0 Å². The lowest BCUT2D eigenvalue weighted by Crippen LogP contribution is -2.62. The first-order valence-electron chi connectivity index (χ1n) is 11.7. The van der Waals surface area contributed by atoms with Crippen LogP contribution in [0.25, 0.3) is 0 Å². The third kappa shape index (κ3) is 5.43. The van der Waals surface area contributed by atoms with Gasteiger partial charge in [-0.3, -0.25) is 9.59 Å². The topological polar surface area (TPSA) is 67.4 Å². The molecule has 4 unspecified atom stereocenters. The summed E-state index contributed by atoms with van der Waals surface area (Å²) >= 11 is 9.69. The van der Waals surface area contributed by atoms with E-state index in [1.165, 1.54) is 0 Å². The molecule has 0 radical (unpaired) electrons. The number of ether oxygens (including phenoxy) is 1. The van der Waals surface area contributed by atoms with Crippen LogP contribution in [0, 0.1) is 0 Å². The number of hydrogen-bond donors (Lipinski definition) is 2. The minimum Gasteiger partial charge on any atom is -0.385 e. The molecule has 2 amide bonds. The smallest absolute Gasteiger partial charge is 0.238 e. The third-order valence-electron chi connectivity index (χ3n) is 7.07. The van der Waals surface area contributed by atoms with E-state index in [1.54, 1.807) is 13.2 Å². The maximum absolute atomic E-state index is 13.5. The van der Waals surface area contributed by atoms with E-state index in [-0.39, 0.29) is 24.2 Å². The highest BCUT2D eigenvalue weighted by Gasteiger charge is 2.60. The lowest BCUT2D eigenvalue weighted by molar-refractivity contribution is -0.130. The van der Waals surface area contributed by atoms with Gasteiger partial charge >= 0.3 is 0 Å². The zero-order valence-electron chi connectivity index (χ0n) is 21.2. The average molecular weight is 578 g/mol. The van der Waals surface area contributed by atoms with Gasteiger partial charge in [0, 0.05) is 40.4 Å². The summed E-state index contributed by atoms with van der Waals surface area (Å²) in [5.74, 6) is -0.584. The van der Waals surface area contributed by atoms with Crippen LogP contribution < -0.4 is 10.6 Å². The van der Waals surface area contributed by atoms with Gasteiger partial charge in [-0.15, -0.1) is 0 Å². The van der Waals surface area contributed by atoms with Crippen LogP contribution in [-0.2, 0) is 19.7 Å². The van der Waals surface area contributed by atoms with Crippen molar-refractivity contribution in [2.75, 3.05) is 12.4 Å². The molecule has 188 valence electrons. The molecule has 2 aliphatic rings. The zero-order chi connectivity index (χ0) is 26.1. The van der Waals surface area contributed by atoms with Crippen molar-refractivity contribution < 1.29 is 14.3 Å². The Balaban J connectivity index is 0.000000371. The van der Waals surface area contributed by atoms with E-state index in [4.69, 9.17) is 16.3 Å². The fraction of sp³-hybridized carbons (Fsp3) is 0.407. The minimum absolute atomic E-state index is 0.100. The van der Waals surface area contributed by atoms with Gasteiger partial charge in [0.15, 0.2) is 0 Å². The summed E-state index contributed by atoms with van der Waals surface area (Å²) in [6, 6.07) is 12.7. The van der Waals surface area contributed by atoms with E-state index in [0.29, 0.717) is 10.7 Å². The maximum atomic E-state index is 13.5. The van der Waals surface area contributed by atoms with Gasteiger partial charge in [-0.05, 0) is 49.2 Å². The molecule has 1 spiro atoms. The Hall–Kier alpha value is -1.93. The van der Waals surface area contributed by atoms with Crippen molar-refractivity contribution in [1.82, 2.24) is 5.32 Å². The lowest BCUT2D eigenvalue weighted by Gasteiger charge is -2.46. The van der Waals surface area contributed by atoms with Crippen LogP contribution in [0.5, 0.6) is 0 Å². The first-order chi connectivity index (χ1) is 16.3. The molecule has 4 rings (SSSR count). The summed E-state index contributed by atoms with van der Waals surface area (Å²) in [7, 11) is 0.798. The summed E-state index contributed by atoms with van der Waals surface area (Å²) in [4.78, 5) is 26.0. The minimum atomic E-state index is -0.983. The highest BCUT2D eigenvalue weighted by molar-refractivity contribution is 9.10. The summed E-state index contributed by atoms with van der Waals surface area (Å²) in [6.45, 7) is 15.0. The molecule has 5 nitrogen and oxygen atoms in total. The van der Waals surface area contributed by atoms with Gasteiger partial charge < -0.3 is 15.4 Å². The van der Waals surface area contributed by atoms with E-state index < -0.39 is 19.5 Å². The van der Waals surface area contributed by atoms with E-state index in [1.807, 2.05) is 43.3 Å². The van der Waals surface area contributed by atoms with Crippen LogP contribution in [0.15, 0.2) is 59.1 Å². The van der Waals surface area contributed by atoms with Gasteiger partial charge in [-0.1, -0.05) is 77.5 Å². The van der Waals surface area contributed by atoms with Crippen molar-refractivity contribution in [2.45, 2.75) is 63.0 Å². The highest BCUT2D eigenvalue weighted by Crippen LogP contribution is 2.54. The fourth-order valence-electron chi connectivity index (χ4n) is 4.81. The summed E-state index contributed by atoms with van der Waals surface area (Å²) in [6.07, 6.45) is 0.201. The summed E-state index contributed by atoms with van der Waals surface area (Å²) in [5.41, 5.74) is 2.75. The Morgan fingerprint density at radius 3 is 2.46 bits per heavy atom. The first-order valence-corrected chi connectivity index (χ1v) is 16.4. The van der Waals surface area contributed by atoms with Crippen molar-refractivity contribution >= 4 is 53.1 Å². The van der Waals surface area contributed by atoms with Gasteiger partial charge in [0.25, 0.3) is 0 Å². The highest BCUT2D eigenvalue weighted by atomic mass is 79.9. The van der Waals surface area contributed by atoms with Crippen molar-refractivity contribution in [3.63, 3.8) is 0 Å². The van der Waals surface area contributed by atoms with E-state index in [2.05, 4.69) is 59.7 Å². The number of methoxy groups -OCH3 is 1. The van der Waals surface area contributed by atoms with Crippen molar-refractivity contribution in [2.24, 2.45) is 0 Å². The standard InChI is InChI=1S/C21H18BrClN2O2.C6H16OSi/c1-11(2)19-21(15-7-6-13(22)9-17(15)24-20(21)27)16(10-18(26)25-19)12-4-3-5-14(23)8-12;1-6(7-2)8(3,4)5/h3-9,16,19H,1,10H2,2H3,(H,24,27)(H,25,26);6H,1-5H3. The number of anilines is 1. The molecule has 2 aromatic carbocycles. The Morgan fingerprint density at radius 1 is 1.23 bits per heavy atom. The van der Waals surface area contributed by atoms with Crippen LogP contribution >= 0.6 is 27.5 Å². The molecule has 8 heteroatoms. The van der Waals surface area contributed by atoms with Crippen molar-refractivity contribution in [1.29, 1.82) is 0 Å². The van der Waals surface area contributed by atoms with Crippen LogP contribution in [0.1, 0.15) is 37.3 Å². The van der Waals surface area contributed by atoms with Gasteiger partial charge in [0.2, 0.25) is 11.8 Å². The lowest BCUT2D eigenvalue weighted by atomic mass is 9.59. The summed E-state index contributed by atoms with van der Waals surface area (Å²) < 4.78 is 6.06. The third-order valence-corrected chi connectivity index (χ3v) is 10.5. The number of hydrogen-bond acceptors (Lipinski definition) is 3. The van der Waals surface area contributed by atoms with E-state index in [0.717, 1.165) is 26.9 Å². The van der Waals surface area contributed by atoms with Crippen LogP contribution in [0.2, 0.25) is 24.7 Å². The number of carbonyl (C=O) groups is 2. The van der Waals surface area contributed by atoms with Crippen molar-refractivity contribution in [3.8, 4) is 0 Å². The Morgan fingerprint density at radius 2 is 1.91 bits per heavy atom. The zero-order valence-corrected chi connectivity index (χ0v) is 24.5. The molecular weight excluding hydrogens is 544 g/mol. The van der Waals surface area contributed by atoms with Crippen LogP contribution in [0.4, 0.5) is 5.69 Å². The fourth-order valence-corrected chi connectivity index (χ4v) is 6.08. The molecule has 1 fully saturated rings. The Bertz CT molecular complexity index is 1150. The maximum Gasteiger partial charge on any atom is 0.238 e. The van der Waals surface area contributed by atoms with Gasteiger partial charge in [-0.2, -0.15) is 0 Å². The number of nitrogens with one attached hydrogen (secondary N) is 2. The molecule has 2 heterocycles. The average Bonchev–Trinajstić information content (AvgIpc) is 3.05. The molecule has 0 aromatic heterocycles. The van der Waals surface area contributed by atoms with Gasteiger partial charge in [0.1, 0.15) is 5.41 Å². The van der Waals surface area contributed by atoms with Crippen molar-refractivity contribution in [3.05, 3.63) is 75.2 Å². The molecule has 0 bridgehead atoms. The Kier molecular flexibility index (Phi) is 8.36. The predicted octanol–water partition coefficient (Wildman–Crippen LogP) is 6.44. The summed E-state index contributed by atoms with van der Waals surface area (Å²) in [5, 5.41) is 6.60. The quantitative estimate of drug-likeness (QED) is 0.325. The molecule has 2 aliphatic heterocycles. The molecule has 4 atom stereocenters. The second kappa shape index (κ2) is 10.6. The molecule has 1 saturated heterocycles. The van der Waals surface area contributed by atoms with Crippen LogP contribution in [-0.4, -0.2) is 38.8 Å². The van der Waals surface area contributed by atoms with Gasteiger partial charge in [0.05, 0.1) is 14.1 Å². The van der Waals surface area contributed by atoms with E-state index in [9.17, 15) is 9.59 Å². The number of carbonyl (C=O) groups excluding carboxylic acids is 2. The number of rotatable bonds is 4.